The molecule has 1 amide bonds. The van der Waals surface area contributed by atoms with Crippen LogP contribution in [0, 0.1) is 0 Å². The van der Waals surface area contributed by atoms with Crippen molar-refractivity contribution in [2.45, 2.75) is 44.1 Å². The number of hydrogen-bond acceptors (Lipinski definition) is 4. The second-order valence-corrected chi connectivity index (χ2v) is 5.79. The molecule has 1 heterocycles. The minimum atomic E-state index is -0.629. The first-order valence-electron chi connectivity index (χ1n) is 5.76. The van der Waals surface area contributed by atoms with Gasteiger partial charge in [0.2, 0.25) is 5.91 Å². The van der Waals surface area contributed by atoms with Crippen LogP contribution in [0.3, 0.4) is 0 Å². The number of nitrogens with zero attached hydrogens (tertiary/aromatic N) is 1. The van der Waals surface area contributed by atoms with Crippen molar-refractivity contribution in [3.05, 3.63) is 10.6 Å². The van der Waals surface area contributed by atoms with Gasteiger partial charge in [-0.25, -0.2) is 4.98 Å². The fourth-order valence-corrected chi connectivity index (χ4v) is 3.30. The van der Waals surface area contributed by atoms with E-state index in [4.69, 9.17) is 5.73 Å². The van der Waals surface area contributed by atoms with Crippen LogP contribution in [0.25, 0.3) is 0 Å². The Morgan fingerprint density at radius 1 is 1.38 bits per heavy atom. The first kappa shape index (κ1) is 10.2. The number of nitrogens with one attached hydrogen (secondary N) is 1. The molecule has 86 valence electrons. The Morgan fingerprint density at radius 2 is 2.19 bits per heavy atom. The maximum absolute atomic E-state index is 11.9. The van der Waals surface area contributed by atoms with Crippen LogP contribution < -0.4 is 11.1 Å². The van der Waals surface area contributed by atoms with E-state index in [9.17, 15) is 4.79 Å². The van der Waals surface area contributed by atoms with E-state index in [1.54, 1.807) is 11.3 Å². The van der Waals surface area contributed by atoms with E-state index < -0.39 is 5.54 Å². The number of aryl methyl sites for hydroxylation is 2. The maximum atomic E-state index is 11.9. The van der Waals surface area contributed by atoms with Crippen molar-refractivity contribution in [3.63, 3.8) is 0 Å². The average molecular weight is 237 g/mol. The normalized spacial score (nSPS) is 21.3. The second-order valence-electron chi connectivity index (χ2n) is 4.71. The van der Waals surface area contributed by atoms with E-state index in [0.717, 1.165) is 37.2 Å². The molecular formula is C11H15N3OS. The summed E-state index contributed by atoms with van der Waals surface area (Å²) in [7, 11) is 0. The molecule has 0 bridgehead atoms. The maximum Gasteiger partial charge on any atom is 0.246 e. The van der Waals surface area contributed by atoms with Gasteiger partial charge < -0.3 is 11.1 Å². The zero-order valence-corrected chi connectivity index (χ0v) is 9.90. The van der Waals surface area contributed by atoms with Gasteiger partial charge in [0.25, 0.3) is 0 Å². The molecule has 0 atom stereocenters. The van der Waals surface area contributed by atoms with Crippen LogP contribution in [0.15, 0.2) is 0 Å². The number of anilines is 1. The quantitative estimate of drug-likeness (QED) is 0.818. The summed E-state index contributed by atoms with van der Waals surface area (Å²) < 4.78 is 0. The first-order chi connectivity index (χ1) is 7.67. The lowest BCUT2D eigenvalue weighted by Crippen LogP contribution is -2.56. The van der Waals surface area contributed by atoms with E-state index in [1.165, 1.54) is 17.0 Å². The summed E-state index contributed by atoms with van der Waals surface area (Å²) in [6, 6.07) is 0. The van der Waals surface area contributed by atoms with Crippen molar-refractivity contribution in [2.75, 3.05) is 5.32 Å². The number of hydrogen-bond donors (Lipinski definition) is 2. The molecule has 4 nitrogen and oxygen atoms in total. The van der Waals surface area contributed by atoms with Crippen LogP contribution in [0.5, 0.6) is 0 Å². The van der Waals surface area contributed by atoms with Gasteiger partial charge in [0, 0.05) is 4.88 Å². The highest BCUT2D eigenvalue weighted by Crippen LogP contribution is 2.33. The molecule has 0 spiro atoms. The molecule has 0 aromatic carbocycles. The van der Waals surface area contributed by atoms with Gasteiger partial charge in [-0.3, -0.25) is 4.79 Å². The molecule has 1 saturated carbocycles. The third-order valence-electron chi connectivity index (χ3n) is 3.51. The molecule has 3 rings (SSSR count). The Labute approximate surface area is 98.3 Å². The average Bonchev–Trinajstić information content (AvgIpc) is 2.73. The largest absolute Gasteiger partial charge is 0.317 e. The van der Waals surface area contributed by atoms with E-state index >= 15 is 0 Å². The summed E-state index contributed by atoms with van der Waals surface area (Å²) in [5, 5.41) is 3.59. The van der Waals surface area contributed by atoms with Gasteiger partial charge in [0.05, 0.1) is 11.2 Å². The number of amides is 1. The summed E-state index contributed by atoms with van der Waals surface area (Å²) in [5.41, 5.74) is 6.49. The molecule has 2 aliphatic rings. The van der Waals surface area contributed by atoms with Crippen molar-refractivity contribution in [2.24, 2.45) is 5.73 Å². The lowest BCUT2D eigenvalue weighted by atomic mass is 9.77. The number of thiazole rings is 1. The molecule has 1 aromatic heterocycles. The lowest BCUT2D eigenvalue weighted by Gasteiger charge is -2.35. The topological polar surface area (TPSA) is 68.0 Å². The van der Waals surface area contributed by atoms with Gasteiger partial charge >= 0.3 is 0 Å². The molecule has 0 unspecified atom stereocenters. The van der Waals surface area contributed by atoms with Crippen molar-refractivity contribution in [3.8, 4) is 0 Å². The summed E-state index contributed by atoms with van der Waals surface area (Å²) in [5.74, 6) is -0.0637. The highest BCUT2D eigenvalue weighted by Gasteiger charge is 2.40. The fourth-order valence-electron chi connectivity index (χ4n) is 2.25. The van der Waals surface area contributed by atoms with Gasteiger partial charge in [-0.2, -0.15) is 0 Å². The minimum absolute atomic E-state index is 0.0637. The molecule has 2 aliphatic carbocycles. The van der Waals surface area contributed by atoms with E-state index in [2.05, 4.69) is 10.3 Å². The molecule has 3 N–H and O–H groups in total. The van der Waals surface area contributed by atoms with E-state index in [0.29, 0.717) is 0 Å². The first-order valence-corrected chi connectivity index (χ1v) is 6.58. The van der Waals surface area contributed by atoms with Crippen LogP contribution >= 0.6 is 11.3 Å². The zero-order valence-electron chi connectivity index (χ0n) is 9.08. The highest BCUT2D eigenvalue weighted by atomic mass is 32.1. The number of fused-ring (bicyclic) bond motifs is 1. The van der Waals surface area contributed by atoms with Crippen LogP contribution in [-0.4, -0.2) is 16.4 Å². The molecular weight excluding hydrogens is 222 g/mol. The molecule has 5 heteroatoms. The number of carbonyl (C=O) groups is 1. The Kier molecular flexibility index (Phi) is 2.26. The van der Waals surface area contributed by atoms with Gasteiger partial charge in [-0.15, -0.1) is 11.3 Å². The van der Waals surface area contributed by atoms with Crippen molar-refractivity contribution in [1.82, 2.24) is 4.98 Å². The summed E-state index contributed by atoms with van der Waals surface area (Å²) >= 11 is 1.60. The van der Waals surface area contributed by atoms with Gasteiger partial charge in [-0.1, -0.05) is 0 Å². The highest BCUT2D eigenvalue weighted by molar-refractivity contribution is 7.15. The van der Waals surface area contributed by atoms with E-state index in [-0.39, 0.29) is 5.91 Å². The predicted molar refractivity (Wildman–Crippen MR) is 63.5 cm³/mol. The SMILES string of the molecule is NC1(C(=O)Nc2nc3c(s2)CCC3)CCC1. The van der Waals surface area contributed by atoms with Crippen LogP contribution in [-0.2, 0) is 17.6 Å². The molecule has 16 heavy (non-hydrogen) atoms. The van der Waals surface area contributed by atoms with Crippen LogP contribution in [0.1, 0.15) is 36.3 Å². The minimum Gasteiger partial charge on any atom is -0.317 e. The third kappa shape index (κ3) is 1.55. The Bertz CT molecular complexity index is 415. The molecule has 1 fully saturated rings. The number of aromatic nitrogens is 1. The molecule has 0 aliphatic heterocycles. The lowest BCUT2D eigenvalue weighted by molar-refractivity contribution is -0.123. The number of nitrogens with two attached hydrogens (primary N) is 1. The summed E-state index contributed by atoms with van der Waals surface area (Å²) in [6.45, 7) is 0. The monoisotopic (exact) mass is 237 g/mol. The van der Waals surface area contributed by atoms with E-state index in [1.807, 2.05) is 0 Å². The predicted octanol–water partition coefficient (Wildman–Crippen LogP) is 1.45. The van der Waals surface area contributed by atoms with Crippen molar-refractivity contribution in [1.29, 1.82) is 0 Å². The second kappa shape index (κ2) is 3.53. The Balaban J connectivity index is 1.72. The third-order valence-corrected chi connectivity index (χ3v) is 4.59. The van der Waals surface area contributed by atoms with Crippen molar-refractivity contribution >= 4 is 22.4 Å². The molecule has 0 saturated heterocycles. The zero-order chi connectivity index (χ0) is 11.2. The van der Waals surface area contributed by atoms with Crippen LogP contribution in [0.4, 0.5) is 5.13 Å². The number of carbonyl (C=O) groups excluding carboxylic acids is 1. The smallest absolute Gasteiger partial charge is 0.246 e. The molecule has 1 aromatic rings. The van der Waals surface area contributed by atoms with Crippen molar-refractivity contribution < 1.29 is 4.79 Å². The van der Waals surface area contributed by atoms with Crippen LogP contribution in [0.2, 0.25) is 0 Å². The van der Waals surface area contributed by atoms with Gasteiger partial charge in [0.15, 0.2) is 5.13 Å². The van der Waals surface area contributed by atoms with Gasteiger partial charge in [-0.05, 0) is 38.5 Å². The Hall–Kier alpha value is -0.940. The summed E-state index contributed by atoms with van der Waals surface area (Å²) in [4.78, 5) is 17.6. The fraction of sp³-hybridized carbons (Fsp3) is 0.636. The standard InChI is InChI=1S/C11H15N3OS/c12-11(5-2-6-11)9(15)14-10-13-7-3-1-4-8(7)16-10/h1-6,12H2,(H,13,14,15). The van der Waals surface area contributed by atoms with Gasteiger partial charge in [0.1, 0.15) is 0 Å². The Morgan fingerprint density at radius 3 is 2.81 bits per heavy atom. The number of rotatable bonds is 2. The molecule has 0 radical (unpaired) electrons. The summed E-state index contributed by atoms with van der Waals surface area (Å²) in [6.07, 6.45) is 6.00.